The minimum absolute atomic E-state index is 0.000351. The molecule has 24 heavy (non-hydrogen) atoms. The van der Waals surface area contributed by atoms with Crippen LogP contribution in [-0.4, -0.2) is 40.7 Å². The molecule has 0 spiro atoms. The lowest BCUT2D eigenvalue weighted by Crippen LogP contribution is -2.41. The van der Waals surface area contributed by atoms with Gasteiger partial charge in [-0.25, -0.2) is 13.5 Å². The van der Waals surface area contributed by atoms with Crippen molar-refractivity contribution in [1.29, 1.82) is 0 Å². The summed E-state index contributed by atoms with van der Waals surface area (Å²) >= 11 is 0. The van der Waals surface area contributed by atoms with E-state index in [0.29, 0.717) is 13.1 Å². The fourth-order valence-corrected chi connectivity index (χ4v) is 3.09. The number of carbonyl (C=O) groups excluding carboxylic acids is 1. The molecule has 1 aliphatic heterocycles. The number of piperidine rings is 1. The summed E-state index contributed by atoms with van der Waals surface area (Å²) in [5.41, 5.74) is 1.00. The number of rotatable bonds is 4. The van der Waals surface area contributed by atoms with Gasteiger partial charge in [-0.15, -0.1) is 0 Å². The molecule has 5 nitrogen and oxygen atoms in total. The molecule has 3 rings (SSSR count). The molecule has 1 amide bonds. The lowest BCUT2D eigenvalue weighted by Gasteiger charge is -2.31. The molecule has 2 aromatic rings. The van der Waals surface area contributed by atoms with Gasteiger partial charge in [-0.05, 0) is 37.6 Å². The number of aromatic nitrogens is 2. The third-order valence-corrected chi connectivity index (χ3v) is 4.31. The van der Waals surface area contributed by atoms with Gasteiger partial charge in [0.2, 0.25) is 5.91 Å². The zero-order valence-corrected chi connectivity index (χ0v) is 13.5. The summed E-state index contributed by atoms with van der Waals surface area (Å²) in [6.07, 6.45) is 3.52. The second kappa shape index (κ2) is 7.09. The van der Waals surface area contributed by atoms with Crippen LogP contribution in [0, 0.1) is 17.6 Å². The SMILES string of the molecule is CNC(=O)C1CCCN(Cc2ccn(-c3ccc(F)cc3F)n2)C1. The molecular formula is C17H20F2N4O. The number of hydrogen-bond acceptors (Lipinski definition) is 3. The largest absolute Gasteiger partial charge is 0.359 e. The average Bonchev–Trinajstić information content (AvgIpc) is 3.02. The number of nitrogens with zero attached hydrogens (tertiary/aromatic N) is 3. The van der Waals surface area contributed by atoms with Gasteiger partial charge in [-0.1, -0.05) is 0 Å². The van der Waals surface area contributed by atoms with Crippen LogP contribution in [-0.2, 0) is 11.3 Å². The Hall–Kier alpha value is -2.28. The fraction of sp³-hybridized carbons (Fsp3) is 0.412. The number of hydrogen-bond donors (Lipinski definition) is 1. The predicted molar refractivity (Wildman–Crippen MR) is 85.5 cm³/mol. The van der Waals surface area contributed by atoms with Crippen molar-refractivity contribution >= 4 is 5.91 Å². The highest BCUT2D eigenvalue weighted by molar-refractivity contribution is 5.78. The molecule has 0 radical (unpaired) electrons. The maximum absolute atomic E-state index is 13.8. The third-order valence-electron chi connectivity index (χ3n) is 4.31. The highest BCUT2D eigenvalue weighted by Gasteiger charge is 2.25. The van der Waals surface area contributed by atoms with Gasteiger partial charge in [0.1, 0.15) is 11.5 Å². The van der Waals surface area contributed by atoms with Crippen molar-refractivity contribution in [2.75, 3.05) is 20.1 Å². The second-order valence-corrected chi connectivity index (χ2v) is 6.04. The number of nitrogens with one attached hydrogen (secondary N) is 1. The Bertz CT molecular complexity index is 731. The molecule has 0 aliphatic carbocycles. The Balaban J connectivity index is 1.69. The Kier molecular flexibility index (Phi) is 4.89. The fourth-order valence-electron chi connectivity index (χ4n) is 3.09. The monoisotopic (exact) mass is 334 g/mol. The first-order valence-electron chi connectivity index (χ1n) is 8.00. The van der Waals surface area contributed by atoms with Gasteiger partial charge in [0, 0.05) is 32.4 Å². The summed E-state index contributed by atoms with van der Waals surface area (Å²) < 4.78 is 28.2. The molecule has 2 heterocycles. The van der Waals surface area contributed by atoms with Crippen LogP contribution in [0.3, 0.4) is 0 Å². The molecule has 1 unspecified atom stereocenters. The van der Waals surface area contributed by atoms with Gasteiger partial charge >= 0.3 is 0 Å². The van der Waals surface area contributed by atoms with Crippen LogP contribution in [0.25, 0.3) is 5.69 Å². The number of halogens is 2. The molecule has 1 saturated heterocycles. The lowest BCUT2D eigenvalue weighted by molar-refractivity contribution is -0.126. The minimum atomic E-state index is -0.651. The molecule has 1 fully saturated rings. The van der Waals surface area contributed by atoms with Gasteiger partial charge in [-0.2, -0.15) is 5.10 Å². The quantitative estimate of drug-likeness (QED) is 0.932. The van der Waals surface area contributed by atoms with Crippen molar-refractivity contribution in [1.82, 2.24) is 20.0 Å². The highest BCUT2D eigenvalue weighted by atomic mass is 19.1. The molecule has 0 saturated carbocycles. The maximum Gasteiger partial charge on any atom is 0.224 e. The highest BCUT2D eigenvalue weighted by Crippen LogP contribution is 2.19. The van der Waals surface area contributed by atoms with E-state index in [0.717, 1.165) is 31.1 Å². The van der Waals surface area contributed by atoms with E-state index in [2.05, 4.69) is 15.3 Å². The topological polar surface area (TPSA) is 50.2 Å². The van der Waals surface area contributed by atoms with Crippen molar-refractivity contribution in [3.63, 3.8) is 0 Å². The Labute approximate surface area is 139 Å². The molecule has 1 aliphatic rings. The van der Waals surface area contributed by atoms with E-state index in [-0.39, 0.29) is 17.5 Å². The van der Waals surface area contributed by atoms with Crippen molar-refractivity contribution in [3.05, 3.63) is 47.8 Å². The lowest BCUT2D eigenvalue weighted by atomic mass is 9.97. The van der Waals surface area contributed by atoms with E-state index in [1.807, 2.05) is 6.07 Å². The number of amides is 1. The third kappa shape index (κ3) is 3.62. The summed E-state index contributed by atoms with van der Waals surface area (Å²) in [5.74, 6) is -1.20. The van der Waals surface area contributed by atoms with E-state index in [4.69, 9.17) is 0 Å². The summed E-state index contributed by atoms with van der Waals surface area (Å²) in [6, 6.07) is 5.23. The van der Waals surface area contributed by atoms with Gasteiger partial charge in [-0.3, -0.25) is 9.69 Å². The van der Waals surface area contributed by atoms with Gasteiger partial charge in [0.25, 0.3) is 0 Å². The van der Waals surface area contributed by atoms with Crippen molar-refractivity contribution in [2.24, 2.45) is 5.92 Å². The zero-order chi connectivity index (χ0) is 17.1. The first-order chi connectivity index (χ1) is 11.6. The molecule has 1 aromatic heterocycles. The molecule has 128 valence electrons. The van der Waals surface area contributed by atoms with Gasteiger partial charge < -0.3 is 5.32 Å². The Morgan fingerprint density at radius 1 is 1.38 bits per heavy atom. The van der Waals surface area contributed by atoms with Crippen LogP contribution in [0.15, 0.2) is 30.5 Å². The molecular weight excluding hydrogens is 314 g/mol. The average molecular weight is 334 g/mol. The van der Waals surface area contributed by atoms with Crippen molar-refractivity contribution in [2.45, 2.75) is 19.4 Å². The van der Waals surface area contributed by atoms with Crippen LogP contribution < -0.4 is 5.32 Å². The van der Waals surface area contributed by atoms with Gasteiger partial charge in [0.15, 0.2) is 5.82 Å². The molecule has 0 bridgehead atoms. The molecule has 1 atom stereocenters. The number of carbonyl (C=O) groups is 1. The number of benzene rings is 1. The zero-order valence-electron chi connectivity index (χ0n) is 13.5. The van der Waals surface area contributed by atoms with E-state index in [1.54, 1.807) is 13.2 Å². The van der Waals surface area contributed by atoms with Crippen LogP contribution in [0.2, 0.25) is 0 Å². The molecule has 7 heteroatoms. The van der Waals surface area contributed by atoms with Crippen molar-refractivity contribution < 1.29 is 13.6 Å². The van der Waals surface area contributed by atoms with E-state index < -0.39 is 11.6 Å². The maximum atomic E-state index is 13.8. The smallest absolute Gasteiger partial charge is 0.224 e. The van der Waals surface area contributed by atoms with Crippen LogP contribution >= 0.6 is 0 Å². The van der Waals surface area contributed by atoms with E-state index in [9.17, 15) is 13.6 Å². The Morgan fingerprint density at radius 3 is 2.96 bits per heavy atom. The van der Waals surface area contributed by atoms with E-state index >= 15 is 0 Å². The van der Waals surface area contributed by atoms with Crippen LogP contribution in [0.5, 0.6) is 0 Å². The predicted octanol–water partition coefficient (Wildman–Crippen LogP) is 2.11. The summed E-state index contributed by atoms with van der Waals surface area (Å²) in [6.45, 7) is 2.20. The van der Waals surface area contributed by atoms with Crippen molar-refractivity contribution in [3.8, 4) is 5.69 Å². The second-order valence-electron chi connectivity index (χ2n) is 6.04. The summed E-state index contributed by atoms with van der Waals surface area (Å²) in [4.78, 5) is 14.0. The van der Waals surface area contributed by atoms with Crippen LogP contribution in [0.4, 0.5) is 8.78 Å². The van der Waals surface area contributed by atoms with Crippen LogP contribution in [0.1, 0.15) is 18.5 Å². The van der Waals surface area contributed by atoms with E-state index in [1.165, 1.54) is 16.8 Å². The number of likely N-dealkylation sites (tertiary alicyclic amines) is 1. The minimum Gasteiger partial charge on any atom is -0.359 e. The first-order valence-corrected chi connectivity index (χ1v) is 8.00. The molecule has 1 aromatic carbocycles. The molecule has 1 N–H and O–H groups in total. The standard InChI is InChI=1S/C17H20F2N4O/c1-20-17(24)12-3-2-7-22(10-12)11-14-6-8-23(21-14)16-5-4-13(18)9-15(16)19/h4-6,8-9,12H,2-3,7,10-11H2,1H3,(H,20,24). The first kappa shape index (κ1) is 16.6. The van der Waals surface area contributed by atoms with Gasteiger partial charge in [0.05, 0.1) is 11.6 Å². The summed E-state index contributed by atoms with van der Waals surface area (Å²) in [5, 5.41) is 7.06. The normalized spacial score (nSPS) is 18.5. The Morgan fingerprint density at radius 2 is 2.21 bits per heavy atom. The summed E-state index contributed by atoms with van der Waals surface area (Å²) in [7, 11) is 1.65.